The Labute approximate surface area is 142 Å². The number of rotatable bonds is 4. The van der Waals surface area contributed by atoms with Gasteiger partial charge in [0.1, 0.15) is 0 Å². The Morgan fingerprint density at radius 3 is 1.91 bits per heavy atom. The van der Waals surface area contributed by atoms with Gasteiger partial charge in [0, 0.05) is 5.56 Å². The maximum absolute atomic E-state index is 11.9. The molecule has 2 aromatic carbocycles. The van der Waals surface area contributed by atoms with Gasteiger partial charge >= 0.3 is 0 Å². The van der Waals surface area contributed by atoms with E-state index in [1.807, 2.05) is 60.7 Å². The highest BCUT2D eigenvalue weighted by Gasteiger charge is 2.27. The van der Waals surface area contributed by atoms with Gasteiger partial charge in [-0.05, 0) is 35.3 Å². The van der Waals surface area contributed by atoms with Crippen molar-refractivity contribution in [1.82, 2.24) is 9.78 Å². The molecular weight excluding hydrogens is 335 g/mol. The Morgan fingerprint density at radius 1 is 0.826 bits per heavy atom. The van der Waals surface area contributed by atoms with Crippen molar-refractivity contribution in [2.45, 2.75) is 0 Å². The fourth-order valence-corrected chi connectivity index (χ4v) is 2.67. The minimum absolute atomic E-state index is 0.00159. The van der Waals surface area contributed by atoms with Gasteiger partial charge in [-0.3, -0.25) is 9.59 Å². The Bertz CT molecular complexity index is 874. The quantitative estimate of drug-likeness (QED) is 0.663. The van der Waals surface area contributed by atoms with Gasteiger partial charge in [0.25, 0.3) is 10.5 Å². The minimum Gasteiger partial charge on any atom is -0.275 e. The van der Waals surface area contributed by atoms with Crippen LogP contribution in [0.3, 0.4) is 0 Å². The highest BCUT2D eigenvalue weighted by Crippen LogP contribution is 2.31. The largest absolute Gasteiger partial charge is 0.275 e. The summed E-state index contributed by atoms with van der Waals surface area (Å²) in [4.78, 5) is 23.6. The van der Waals surface area contributed by atoms with Crippen molar-refractivity contribution in [2.75, 3.05) is 0 Å². The van der Waals surface area contributed by atoms with Crippen LogP contribution in [0.15, 0.2) is 60.7 Å². The van der Waals surface area contributed by atoms with E-state index in [-0.39, 0.29) is 11.3 Å². The lowest BCUT2D eigenvalue weighted by Gasteiger charge is -2.08. The van der Waals surface area contributed by atoms with Gasteiger partial charge in [0.2, 0.25) is 0 Å². The molecule has 0 aliphatic rings. The molecule has 114 valence electrons. The molecule has 1 aromatic heterocycles. The van der Waals surface area contributed by atoms with Gasteiger partial charge in [-0.1, -0.05) is 48.5 Å². The smallest absolute Gasteiger partial charge is 0.273 e. The highest BCUT2D eigenvalue weighted by atomic mass is 35.5. The zero-order valence-corrected chi connectivity index (χ0v) is 13.3. The van der Waals surface area contributed by atoms with Gasteiger partial charge in [0.15, 0.2) is 5.69 Å². The van der Waals surface area contributed by atoms with Gasteiger partial charge in [-0.2, -0.15) is 5.10 Å². The van der Waals surface area contributed by atoms with Crippen LogP contribution in [-0.4, -0.2) is 20.3 Å². The van der Waals surface area contributed by atoms with Crippen molar-refractivity contribution >= 4 is 33.7 Å². The molecule has 0 fully saturated rings. The summed E-state index contributed by atoms with van der Waals surface area (Å²) >= 11 is 11.3. The monoisotopic (exact) mass is 344 g/mol. The molecule has 0 atom stereocenters. The van der Waals surface area contributed by atoms with E-state index in [0.29, 0.717) is 16.9 Å². The lowest BCUT2D eigenvalue weighted by atomic mass is 10.1. The molecule has 6 heteroatoms. The molecule has 3 aromatic rings. The van der Waals surface area contributed by atoms with Crippen LogP contribution in [0, 0.1) is 0 Å². The van der Waals surface area contributed by atoms with Crippen LogP contribution in [0.2, 0.25) is 0 Å². The highest BCUT2D eigenvalue weighted by molar-refractivity contribution is 6.72. The van der Waals surface area contributed by atoms with E-state index >= 15 is 0 Å². The molecule has 0 spiro atoms. The van der Waals surface area contributed by atoms with Gasteiger partial charge in [0.05, 0.1) is 16.9 Å². The number of nitrogens with zero attached hydrogens (tertiary/aromatic N) is 2. The summed E-state index contributed by atoms with van der Waals surface area (Å²) in [6.45, 7) is 0. The zero-order chi connectivity index (χ0) is 16.4. The topological polar surface area (TPSA) is 52.0 Å². The van der Waals surface area contributed by atoms with Crippen molar-refractivity contribution in [3.05, 3.63) is 71.9 Å². The van der Waals surface area contributed by atoms with Crippen molar-refractivity contribution in [2.24, 2.45) is 0 Å². The van der Waals surface area contributed by atoms with Gasteiger partial charge in [-0.25, -0.2) is 4.68 Å². The summed E-state index contributed by atoms with van der Waals surface area (Å²) in [7, 11) is 0. The first kappa shape index (κ1) is 15.5. The van der Waals surface area contributed by atoms with Crippen LogP contribution < -0.4 is 0 Å². The predicted molar refractivity (Wildman–Crippen MR) is 89.4 cm³/mol. The third kappa shape index (κ3) is 2.91. The molecule has 0 saturated heterocycles. The van der Waals surface area contributed by atoms with E-state index in [4.69, 9.17) is 23.2 Å². The molecule has 0 aliphatic heterocycles. The lowest BCUT2D eigenvalue weighted by molar-refractivity contribution is 0.105. The Balaban J connectivity index is 2.38. The molecule has 0 unspecified atom stereocenters. The number of halogens is 2. The number of hydrogen-bond acceptors (Lipinski definition) is 3. The summed E-state index contributed by atoms with van der Waals surface area (Å²) < 4.78 is 1.50. The number of benzene rings is 2. The SMILES string of the molecule is O=C(Cl)c1nn(-c2ccccc2)c(-c2ccccc2)c1C(=O)Cl. The molecule has 0 amide bonds. The number of hydrogen-bond donors (Lipinski definition) is 0. The first-order valence-electron chi connectivity index (χ1n) is 6.73. The van der Waals surface area contributed by atoms with E-state index < -0.39 is 10.5 Å². The fraction of sp³-hybridized carbons (Fsp3) is 0. The molecule has 0 saturated carbocycles. The first-order chi connectivity index (χ1) is 11.1. The summed E-state index contributed by atoms with van der Waals surface area (Å²) in [5.41, 5.74) is 1.67. The van der Waals surface area contributed by atoms with Gasteiger partial charge < -0.3 is 0 Å². The predicted octanol–water partition coefficient (Wildman–Crippen LogP) is 4.30. The number of carbonyl (C=O) groups excluding carboxylic acids is 2. The second kappa shape index (κ2) is 6.36. The molecule has 23 heavy (non-hydrogen) atoms. The van der Waals surface area contributed by atoms with E-state index in [1.54, 1.807) is 0 Å². The normalized spacial score (nSPS) is 10.5. The third-order valence-electron chi connectivity index (χ3n) is 3.32. The van der Waals surface area contributed by atoms with Crippen molar-refractivity contribution in [3.8, 4) is 16.9 Å². The molecule has 0 N–H and O–H groups in total. The minimum atomic E-state index is -0.833. The molecule has 4 nitrogen and oxygen atoms in total. The molecule has 3 rings (SSSR count). The maximum atomic E-state index is 11.9. The number of para-hydroxylation sites is 1. The molecule has 0 aliphatic carbocycles. The maximum Gasteiger partial charge on any atom is 0.273 e. The summed E-state index contributed by atoms with van der Waals surface area (Å²) in [5.74, 6) is 0. The second-order valence-electron chi connectivity index (χ2n) is 4.73. The van der Waals surface area contributed by atoms with Crippen molar-refractivity contribution in [3.63, 3.8) is 0 Å². The average Bonchev–Trinajstić information content (AvgIpc) is 2.97. The summed E-state index contributed by atoms with van der Waals surface area (Å²) in [6, 6.07) is 18.2. The summed E-state index contributed by atoms with van der Waals surface area (Å²) in [6.07, 6.45) is 0. The van der Waals surface area contributed by atoms with Crippen LogP contribution in [0.5, 0.6) is 0 Å². The van der Waals surface area contributed by atoms with E-state index in [1.165, 1.54) is 4.68 Å². The van der Waals surface area contributed by atoms with Crippen LogP contribution in [-0.2, 0) is 0 Å². The molecule has 0 radical (unpaired) electrons. The van der Waals surface area contributed by atoms with Gasteiger partial charge in [-0.15, -0.1) is 0 Å². The van der Waals surface area contributed by atoms with Crippen LogP contribution in [0.1, 0.15) is 20.8 Å². The van der Waals surface area contributed by atoms with Crippen LogP contribution in [0.4, 0.5) is 0 Å². The molecule has 0 bridgehead atoms. The zero-order valence-electron chi connectivity index (χ0n) is 11.7. The average molecular weight is 345 g/mol. The van der Waals surface area contributed by atoms with Crippen LogP contribution >= 0.6 is 23.2 Å². The fourth-order valence-electron chi connectivity index (χ4n) is 2.36. The molecular formula is C17H10Cl2N2O2. The lowest BCUT2D eigenvalue weighted by Crippen LogP contribution is -2.00. The third-order valence-corrected chi connectivity index (χ3v) is 3.68. The standard InChI is InChI=1S/C17H10Cl2N2O2/c18-16(22)13-14(17(19)23)20-21(12-9-5-2-6-10-12)15(13)11-7-3-1-4-8-11/h1-10H. The van der Waals surface area contributed by atoms with Crippen molar-refractivity contribution < 1.29 is 9.59 Å². The summed E-state index contributed by atoms with van der Waals surface area (Å²) in [5, 5.41) is 2.59. The number of carbonyl (C=O) groups is 2. The Hall–Kier alpha value is -2.43. The van der Waals surface area contributed by atoms with E-state index in [0.717, 1.165) is 0 Å². The second-order valence-corrected chi connectivity index (χ2v) is 5.42. The number of aromatic nitrogens is 2. The molecule has 1 heterocycles. The Morgan fingerprint density at radius 2 is 1.39 bits per heavy atom. The Kier molecular flexibility index (Phi) is 4.28. The first-order valence-corrected chi connectivity index (χ1v) is 7.48. The van der Waals surface area contributed by atoms with E-state index in [9.17, 15) is 9.59 Å². The van der Waals surface area contributed by atoms with Crippen LogP contribution in [0.25, 0.3) is 16.9 Å². The van der Waals surface area contributed by atoms with E-state index in [2.05, 4.69) is 5.10 Å². The van der Waals surface area contributed by atoms with Crippen molar-refractivity contribution in [1.29, 1.82) is 0 Å².